The SMILES string of the molecule is CCCC/C=C\CCCCCCCC(=O)OC[C@H](COC(=O)CCCCCCCCCCCCCCCCC)OC(=O)CCCCCCCCC/C=C\CCCCCC. The molecule has 0 heterocycles. The van der Waals surface area contributed by atoms with E-state index >= 15 is 0 Å². The van der Waals surface area contributed by atoms with Gasteiger partial charge in [0.05, 0.1) is 0 Å². The number of allylic oxidation sites excluding steroid dienone is 4. The lowest BCUT2D eigenvalue weighted by Crippen LogP contribution is -2.30. The fourth-order valence-corrected chi connectivity index (χ4v) is 7.48. The Morgan fingerprint density at radius 2 is 0.576 bits per heavy atom. The van der Waals surface area contributed by atoms with Crippen molar-refractivity contribution in [2.24, 2.45) is 0 Å². The fraction of sp³-hybridized carbons (Fsp3) is 0.868. The average molecular weight is 831 g/mol. The van der Waals surface area contributed by atoms with Crippen LogP contribution < -0.4 is 0 Å². The molecule has 0 aliphatic rings. The molecule has 0 bridgehead atoms. The molecule has 0 fully saturated rings. The van der Waals surface area contributed by atoms with E-state index < -0.39 is 6.10 Å². The molecule has 1 atom stereocenters. The van der Waals surface area contributed by atoms with Crippen molar-refractivity contribution >= 4 is 17.9 Å². The first-order chi connectivity index (χ1) is 29.0. The Morgan fingerprint density at radius 1 is 0.322 bits per heavy atom. The highest BCUT2D eigenvalue weighted by molar-refractivity contribution is 5.71. The Labute approximate surface area is 366 Å². The molecule has 0 rings (SSSR count). The molecule has 6 nitrogen and oxygen atoms in total. The van der Waals surface area contributed by atoms with Gasteiger partial charge in [-0.25, -0.2) is 0 Å². The molecule has 0 aliphatic carbocycles. The molecule has 0 aromatic carbocycles. The van der Waals surface area contributed by atoms with E-state index in [2.05, 4.69) is 45.1 Å². The first-order valence-electron chi connectivity index (χ1n) is 25.8. The van der Waals surface area contributed by atoms with Crippen molar-refractivity contribution in [1.82, 2.24) is 0 Å². The van der Waals surface area contributed by atoms with Crippen LogP contribution in [0.5, 0.6) is 0 Å². The van der Waals surface area contributed by atoms with Crippen molar-refractivity contribution < 1.29 is 28.6 Å². The van der Waals surface area contributed by atoms with Crippen molar-refractivity contribution in [3.63, 3.8) is 0 Å². The highest BCUT2D eigenvalue weighted by Gasteiger charge is 2.19. The van der Waals surface area contributed by atoms with Gasteiger partial charge in [0.15, 0.2) is 6.10 Å². The largest absolute Gasteiger partial charge is 0.462 e. The van der Waals surface area contributed by atoms with E-state index in [-0.39, 0.29) is 31.1 Å². The predicted octanol–water partition coefficient (Wildman–Crippen LogP) is 16.8. The molecule has 59 heavy (non-hydrogen) atoms. The van der Waals surface area contributed by atoms with Crippen LogP contribution in [0.2, 0.25) is 0 Å². The van der Waals surface area contributed by atoms with E-state index in [9.17, 15) is 14.4 Å². The van der Waals surface area contributed by atoms with Crippen molar-refractivity contribution in [3.8, 4) is 0 Å². The van der Waals surface area contributed by atoms with Gasteiger partial charge in [0.2, 0.25) is 0 Å². The molecule has 0 spiro atoms. The van der Waals surface area contributed by atoms with Gasteiger partial charge in [-0.15, -0.1) is 0 Å². The summed E-state index contributed by atoms with van der Waals surface area (Å²) in [5.41, 5.74) is 0. The second kappa shape index (κ2) is 48.6. The van der Waals surface area contributed by atoms with Crippen LogP contribution in [0.3, 0.4) is 0 Å². The second-order valence-corrected chi connectivity index (χ2v) is 17.4. The molecule has 0 aromatic heterocycles. The molecule has 0 saturated heterocycles. The zero-order valence-electron chi connectivity index (χ0n) is 39.5. The van der Waals surface area contributed by atoms with E-state index in [1.54, 1.807) is 0 Å². The lowest BCUT2D eigenvalue weighted by atomic mass is 10.0. The average Bonchev–Trinajstić information content (AvgIpc) is 3.23. The van der Waals surface area contributed by atoms with Gasteiger partial charge >= 0.3 is 17.9 Å². The van der Waals surface area contributed by atoms with E-state index in [0.29, 0.717) is 19.3 Å². The van der Waals surface area contributed by atoms with Crippen LogP contribution in [0.25, 0.3) is 0 Å². The van der Waals surface area contributed by atoms with E-state index in [0.717, 1.165) is 64.2 Å². The third kappa shape index (κ3) is 46.8. The van der Waals surface area contributed by atoms with Gasteiger partial charge in [0.1, 0.15) is 13.2 Å². The Bertz CT molecular complexity index is 958. The summed E-state index contributed by atoms with van der Waals surface area (Å²) >= 11 is 0. The summed E-state index contributed by atoms with van der Waals surface area (Å²) in [4.78, 5) is 37.9. The summed E-state index contributed by atoms with van der Waals surface area (Å²) in [6.07, 6.45) is 54.4. The third-order valence-corrected chi connectivity index (χ3v) is 11.4. The highest BCUT2D eigenvalue weighted by Crippen LogP contribution is 2.16. The number of carbonyl (C=O) groups excluding carboxylic acids is 3. The summed E-state index contributed by atoms with van der Waals surface area (Å²) in [6.45, 7) is 6.60. The van der Waals surface area contributed by atoms with Gasteiger partial charge in [-0.2, -0.15) is 0 Å². The Hall–Kier alpha value is -2.11. The first kappa shape index (κ1) is 56.9. The van der Waals surface area contributed by atoms with Gasteiger partial charge in [-0.1, -0.05) is 218 Å². The lowest BCUT2D eigenvalue weighted by molar-refractivity contribution is -0.167. The minimum absolute atomic E-state index is 0.0719. The molecular weight excluding hydrogens is 733 g/mol. The minimum Gasteiger partial charge on any atom is -0.462 e. The molecule has 6 heteroatoms. The molecule has 346 valence electrons. The summed E-state index contributed by atoms with van der Waals surface area (Å²) in [6, 6.07) is 0. The number of ether oxygens (including phenoxy) is 3. The summed E-state index contributed by atoms with van der Waals surface area (Å²) in [7, 11) is 0. The first-order valence-corrected chi connectivity index (χ1v) is 25.8. The molecule has 0 unspecified atom stereocenters. The number of unbranched alkanes of at least 4 members (excludes halogenated alkanes) is 32. The van der Waals surface area contributed by atoms with Crippen LogP contribution in [-0.2, 0) is 28.6 Å². The Balaban J connectivity index is 4.34. The van der Waals surface area contributed by atoms with Gasteiger partial charge in [0.25, 0.3) is 0 Å². The van der Waals surface area contributed by atoms with Crippen molar-refractivity contribution in [2.75, 3.05) is 13.2 Å². The number of carbonyl (C=O) groups is 3. The summed E-state index contributed by atoms with van der Waals surface area (Å²) < 4.78 is 16.8. The van der Waals surface area contributed by atoms with Gasteiger partial charge in [-0.05, 0) is 64.2 Å². The zero-order chi connectivity index (χ0) is 43.0. The Kier molecular flexibility index (Phi) is 46.8. The van der Waals surface area contributed by atoms with Crippen LogP contribution in [-0.4, -0.2) is 37.2 Å². The van der Waals surface area contributed by atoms with Crippen LogP contribution >= 0.6 is 0 Å². The quantitative estimate of drug-likeness (QED) is 0.0263. The van der Waals surface area contributed by atoms with Crippen molar-refractivity contribution in [1.29, 1.82) is 0 Å². The maximum Gasteiger partial charge on any atom is 0.306 e. The van der Waals surface area contributed by atoms with E-state index in [1.165, 1.54) is 173 Å². The maximum absolute atomic E-state index is 12.8. The van der Waals surface area contributed by atoms with Crippen LogP contribution in [0.15, 0.2) is 24.3 Å². The summed E-state index contributed by atoms with van der Waals surface area (Å²) in [5.74, 6) is -0.874. The van der Waals surface area contributed by atoms with Gasteiger partial charge in [0, 0.05) is 19.3 Å². The maximum atomic E-state index is 12.8. The number of hydrogen-bond acceptors (Lipinski definition) is 6. The fourth-order valence-electron chi connectivity index (χ4n) is 7.48. The molecule has 0 amide bonds. The van der Waals surface area contributed by atoms with Crippen molar-refractivity contribution in [3.05, 3.63) is 24.3 Å². The molecular formula is C53H98O6. The van der Waals surface area contributed by atoms with E-state index in [4.69, 9.17) is 14.2 Å². The molecule has 0 aliphatic heterocycles. The number of hydrogen-bond donors (Lipinski definition) is 0. The smallest absolute Gasteiger partial charge is 0.306 e. The number of rotatable bonds is 47. The highest BCUT2D eigenvalue weighted by atomic mass is 16.6. The Morgan fingerprint density at radius 3 is 0.915 bits per heavy atom. The van der Waals surface area contributed by atoms with E-state index in [1.807, 2.05) is 0 Å². The number of esters is 3. The van der Waals surface area contributed by atoms with Crippen molar-refractivity contribution in [2.45, 2.75) is 284 Å². The lowest BCUT2D eigenvalue weighted by Gasteiger charge is -2.18. The second-order valence-electron chi connectivity index (χ2n) is 17.4. The normalized spacial score (nSPS) is 12.1. The predicted molar refractivity (Wildman–Crippen MR) is 252 cm³/mol. The van der Waals surface area contributed by atoms with Crippen LogP contribution in [0.4, 0.5) is 0 Å². The molecule has 0 N–H and O–H groups in total. The standard InChI is InChI=1S/C53H98O6/c1-4-7-10-13-16-19-22-24-26-28-31-34-37-40-43-46-52(55)58-49-50(48-57-51(54)45-42-39-36-33-30-21-18-15-12-9-6-3)59-53(56)47-44-41-38-35-32-29-27-25-23-20-17-14-11-8-5-2/h15,18,20,23,50H,4-14,16-17,19,21-22,24-49H2,1-3H3/b18-15-,23-20-/t50-/m1/s1. The molecule has 0 aromatic rings. The molecule has 0 saturated carbocycles. The zero-order valence-corrected chi connectivity index (χ0v) is 39.5. The van der Waals surface area contributed by atoms with Gasteiger partial charge in [-0.3, -0.25) is 14.4 Å². The minimum atomic E-state index is -0.771. The van der Waals surface area contributed by atoms with Gasteiger partial charge < -0.3 is 14.2 Å². The molecule has 0 radical (unpaired) electrons. The summed E-state index contributed by atoms with van der Waals surface area (Å²) in [5, 5.41) is 0. The third-order valence-electron chi connectivity index (χ3n) is 11.4. The topological polar surface area (TPSA) is 78.9 Å². The monoisotopic (exact) mass is 831 g/mol. The van der Waals surface area contributed by atoms with Crippen LogP contribution in [0, 0.1) is 0 Å². The van der Waals surface area contributed by atoms with Crippen LogP contribution in [0.1, 0.15) is 278 Å².